The van der Waals surface area contributed by atoms with Crippen molar-refractivity contribution in [3.05, 3.63) is 48.0 Å². The summed E-state index contributed by atoms with van der Waals surface area (Å²) < 4.78 is 5.82. The minimum absolute atomic E-state index is 0. The van der Waals surface area contributed by atoms with Gasteiger partial charge in [-0.2, -0.15) is 0 Å². The van der Waals surface area contributed by atoms with E-state index in [1.54, 1.807) is 0 Å². The third-order valence-corrected chi connectivity index (χ3v) is 3.65. The molecule has 18 heavy (non-hydrogen) atoms. The van der Waals surface area contributed by atoms with Crippen LogP contribution in [0.3, 0.4) is 0 Å². The maximum absolute atomic E-state index is 5.82. The molecule has 0 amide bonds. The summed E-state index contributed by atoms with van der Waals surface area (Å²) in [6, 6.07) is 14.8. The number of hydrogen-bond donors (Lipinski definition) is 1. The highest BCUT2D eigenvalue weighted by Gasteiger charge is 2.19. The zero-order valence-corrected chi connectivity index (χ0v) is 10.7. The van der Waals surface area contributed by atoms with Crippen molar-refractivity contribution >= 4 is 34.3 Å². The predicted molar refractivity (Wildman–Crippen MR) is 76.6 cm³/mol. The molecule has 2 nitrogen and oxygen atoms in total. The van der Waals surface area contributed by atoms with E-state index >= 15 is 0 Å². The lowest BCUT2D eigenvalue weighted by molar-refractivity contribution is 0.448. The van der Waals surface area contributed by atoms with Gasteiger partial charge in [-0.25, -0.2) is 0 Å². The molecule has 0 saturated carbocycles. The van der Waals surface area contributed by atoms with Gasteiger partial charge >= 0.3 is 0 Å². The first-order valence-corrected chi connectivity index (χ1v) is 6.04. The van der Waals surface area contributed by atoms with Crippen LogP contribution in [0.1, 0.15) is 11.5 Å². The first-order chi connectivity index (χ1) is 8.42. The molecule has 0 unspecified atom stereocenters. The van der Waals surface area contributed by atoms with Gasteiger partial charge in [0, 0.05) is 29.8 Å². The fourth-order valence-corrected chi connectivity index (χ4v) is 2.52. The Hall–Kier alpha value is -1.51. The first-order valence-electron chi connectivity index (χ1n) is 6.04. The number of rotatable bonds is 1. The minimum atomic E-state index is 0. The molecule has 92 valence electrons. The van der Waals surface area contributed by atoms with Gasteiger partial charge in [0.25, 0.3) is 0 Å². The number of para-hydroxylation sites is 1. The highest BCUT2D eigenvalue weighted by molar-refractivity contribution is 6.05. The van der Waals surface area contributed by atoms with Crippen molar-refractivity contribution in [1.82, 2.24) is 5.32 Å². The fourth-order valence-electron chi connectivity index (χ4n) is 2.52. The van der Waals surface area contributed by atoms with E-state index in [0.29, 0.717) is 5.92 Å². The molecule has 1 N–H and O–H groups in total. The van der Waals surface area contributed by atoms with Gasteiger partial charge in [-0.15, -0.1) is 12.4 Å². The second kappa shape index (κ2) is 4.30. The van der Waals surface area contributed by atoms with Crippen molar-refractivity contribution < 1.29 is 4.42 Å². The average molecular weight is 260 g/mol. The summed E-state index contributed by atoms with van der Waals surface area (Å²) >= 11 is 0. The van der Waals surface area contributed by atoms with Gasteiger partial charge in [0.1, 0.15) is 11.2 Å². The molecule has 1 saturated heterocycles. The maximum atomic E-state index is 5.82. The zero-order valence-electron chi connectivity index (χ0n) is 9.85. The van der Waals surface area contributed by atoms with Crippen LogP contribution >= 0.6 is 12.4 Å². The third-order valence-electron chi connectivity index (χ3n) is 3.65. The van der Waals surface area contributed by atoms with E-state index in [0.717, 1.165) is 24.3 Å². The number of fused-ring (bicyclic) bond motifs is 3. The monoisotopic (exact) mass is 259 g/mol. The smallest absolute Gasteiger partial charge is 0.135 e. The summed E-state index contributed by atoms with van der Waals surface area (Å²) in [5.41, 5.74) is 3.39. The number of nitrogens with one attached hydrogen (secondary N) is 1. The Morgan fingerprint density at radius 3 is 2.50 bits per heavy atom. The largest absolute Gasteiger partial charge is 0.456 e. The maximum Gasteiger partial charge on any atom is 0.135 e. The molecule has 0 spiro atoms. The molecule has 3 heteroatoms. The van der Waals surface area contributed by atoms with Crippen LogP contribution in [-0.4, -0.2) is 13.1 Å². The summed E-state index contributed by atoms with van der Waals surface area (Å²) in [7, 11) is 0. The van der Waals surface area contributed by atoms with Gasteiger partial charge < -0.3 is 9.73 Å². The van der Waals surface area contributed by atoms with E-state index in [-0.39, 0.29) is 12.4 Å². The molecule has 0 radical (unpaired) electrons. The van der Waals surface area contributed by atoms with E-state index < -0.39 is 0 Å². The van der Waals surface area contributed by atoms with Crippen LogP contribution in [0, 0.1) is 0 Å². The second-order valence-corrected chi connectivity index (χ2v) is 4.71. The van der Waals surface area contributed by atoms with Crippen molar-refractivity contribution in [2.45, 2.75) is 5.92 Å². The van der Waals surface area contributed by atoms with Crippen LogP contribution < -0.4 is 5.32 Å². The van der Waals surface area contributed by atoms with Crippen molar-refractivity contribution in [3.8, 4) is 0 Å². The molecule has 4 rings (SSSR count). The average Bonchev–Trinajstić information content (AvgIpc) is 2.65. The molecule has 0 atom stereocenters. The van der Waals surface area contributed by atoms with Crippen LogP contribution in [0.5, 0.6) is 0 Å². The summed E-state index contributed by atoms with van der Waals surface area (Å²) in [4.78, 5) is 0. The molecule has 0 bridgehead atoms. The standard InChI is InChI=1S/C15H13NO.ClH/c1-2-4-14-12(3-1)13-7-10(11-8-16-9-11)5-6-15(13)17-14;/h1-7,11,16H,8-9H2;1H. The Morgan fingerprint density at radius 1 is 0.944 bits per heavy atom. The lowest BCUT2D eigenvalue weighted by atomic mass is 9.92. The second-order valence-electron chi connectivity index (χ2n) is 4.71. The third kappa shape index (κ3) is 1.61. The zero-order chi connectivity index (χ0) is 11.2. The number of hydrogen-bond acceptors (Lipinski definition) is 2. The summed E-state index contributed by atoms with van der Waals surface area (Å²) in [6.07, 6.45) is 0. The predicted octanol–water partition coefficient (Wildman–Crippen LogP) is 3.69. The molecule has 1 aliphatic heterocycles. The Labute approximate surface area is 111 Å². The van der Waals surface area contributed by atoms with Crippen LogP contribution in [0.4, 0.5) is 0 Å². The van der Waals surface area contributed by atoms with Crippen molar-refractivity contribution in [2.24, 2.45) is 0 Å². The van der Waals surface area contributed by atoms with Gasteiger partial charge in [0.2, 0.25) is 0 Å². The number of benzene rings is 2. The van der Waals surface area contributed by atoms with Gasteiger partial charge in [0.05, 0.1) is 0 Å². The Bertz CT molecular complexity index is 700. The van der Waals surface area contributed by atoms with Gasteiger partial charge in [-0.3, -0.25) is 0 Å². The fraction of sp³-hybridized carbons (Fsp3) is 0.200. The molecule has 1 fully saturated rings. The molecule has 2 heterocycles. The first kappa shape index (κ1) is 11.6. The van der Waals surface area contributed by atoms with Crippen LogP contribution in [0.15, 0.2) is 46.9 Å². The summed E-state index contributed by atoms with van der Waals surface area (Å²) in [5, 5.41) is 5.78. The Kier molecular flexibility index (Phi) is 2.77. The molecule has 3 aromatic rings. The number of halogens is 1. The lowest BCUT2D eigenvalue weighted by Crippen LogP contribution is -2.39. The van der Waals surface area contributed by atoms with E-state index in [2.05, 4.69) is 35.6 Å². The highest BCUT2D eigenvalue weighted by Crippen LogP contribution is 2.31. The van der Waals surface area contributed by atoms with E-state index in [1.807, 2.05) is 12.1 Å². The topological polar surface area (TPSA) is 25.2 Å². The molecular weight excluding hydrogens is 246 g/mol. The summed E-state index contributed by atoms with van der Waals surface area (Å²) in [5.74, 6) is 0.674. The van der Waals surface area contributed by atoms with Crippen molar-refractivity contribution in [2.75, 3.05) is 13.1 Å². The van der Waals surface area contributed by atoms with Crippen molar-refractivity contribution in [1.29, 1.82) is 0 Å². The van der Waals surface area contributed by atoms with E-state index in [4.69, 9.17) is 4.42 Å². The van der Waals surface area contributed by atoms with Gasteiger partial charge in [-0.05, 0) is 23.8 Å². The molecule has 1 aliphatic rings. The van der Waals surface area contributed by atoms with Gasteiger partial charge in [-0.1, -0.05) is 24.3 Å². The van der Waals surface area contributed by atoms with E-state index in [1.165, 1.54) is 16.3 Å². The normalized spacial score (nSPS) is 15.6. The number of furan rings is 1. The molecule has 0 aliphatic carbocycles. The Morgan fingerprint density at radius 2 is 1.72 bits per heavy atom. The van der Waals surface area contributed by atoms with Crippen molar-refractivity contribution in [3.63, 3.8) is 0 Å². The van der Waals surface area contributed by atoms with Crippen LogP contribution in [-0.2, 0) is 0 Å². The van der Waals surface area contributed by atoms with Gasteiger partial charge in [0.15, 0.2) is 0 Å². The Balaban J connectivity index is 0.000001000. The highest BCUT2D eigenvalue weighted by atomic mass is 35.5. The van der Waals surface area contributed by atoms with Crippen LogP contribution in [0.25, 0.3) is 21.9 Å². The molecular formula is C15H14ClNO. The lowest BCUT2D eigenvalue weighted by Gasteiger charge is -2.27. The van der Waals surface area contributed by atoms with Crippen LogP contribution in [0.2, 0.25) is 0 Å². The quantitative estimate of drug-likeness (QED) is 0.721. The SMILES string of the molecule is Cl.c1ccc2c(c1)oc1ccc(C3CNC3)cc12. The molecule has 2 aromatic carbocycles. The van der Waals surface area contributed by atoms with E-state index in [9.17, 15) is 0 Å². The molecule has 1 aromatic heterocycles. The summed E-state index contributed by atoms with van der Waals surface area (Å²) in [6.45, 7) is 2.20. The minimum Gasteiger partial charge on any atom is -0.456 e.